The van der Waals surface area contributed by atoms with Crippen molar-refractivity contribution < 1.29 is 0 Å². The molecule has 0 saturated carbocycles. The Morgan fingerprint density at radius 3 is 1.60 bits per heavy atom. The lowest BCUT2D eigenvalue weighted by atomic mass is 10.1. The zero-order valence-corrected chi connectivity index (χ0v) is 10.4. The molecule has 0 aliphatic rings. The molecule has 0 aliphatic carbocycles. The van der Waals surface area contributed by atoms with Crippen molar-refractivity contribution in [3.05, 3.63) is 34.7 Å². The highest BCUT2D eigenvalue weighted by molar-refractivity contribution is 5.69. The van der Waals surface area contributed by atoms with Gasteiger partial charge < -0.3 is 22.9 Å². The molecule has 0 radical (unpaired) electrons. The Labute approximate surface area is 116 Å². The molecule has 0 fully saturated rings. The summed E-state index contributed by atoms with van der Waals surface area (Å²) in [5.41, 5.74) is 21.9. The highest BCUT2D eigenvalue weighted by Crippen LogP contribution is 2.19. The van der Waals surface area contributed by atoms with Crippen LogP contribution in [0.2, 0.25) is 0 Å². The van der Waals surface area contributed by atoms with Crippen LogP contribution in [-0.2, 0) is 0 Å². The summed E-state index contributed by atoms with van der Waals surface area (Å²) < 4.78 is 0. The van der Waals surface area contributed by atoms with Gasteiger partial charge in [-0.3, -0.25) is 0 Å². The van der Waals surface area contributed by atoms with Crippen LogP contribution in [0.25, 0.3) is 0 Å². The zero-order chi connectivity index (χ0) is 15.7. The first kappa shape index (κ1) is 16.2. The summed E-state index contributed by atoms with van der Waals surface area (Å²) in [4.78, 5) is 0. The first-order valence-electron chi connectivity index (χ1n) is 5.02. The Hall–Kier alpha value is -3.81. The highest BCUT2D eigenvalue weighted by atomic mass is 14.7. The Bertz CT molecular complexity index is 641. The second-order valence-electron chi connectivity index (χ2n) is 3.33. The molecule has 1 aromatic rings. The van der Waals surface area contributed by atoms with E-state index in [9.17, 15) is 0 Å². The summed E-state index contributed by atoms with van der Waals surface area (Å²) in [5, 5.41) is 24.6. The maximum atomic E-state index is 8.62. The predicted molar refractivity (Wildman–Crippen MR) is 74.5 cm³/mol. The zero-order valence-electron chi connectivity index (χ0n) is 10.4. The van der Waals surface area contributed by atoms with Gasteiger partial charge in [0.25, 0.3) is 0 Å². The molecule has 0 atom stereocenters. The van der Waals surface area contributed by atoms with Crippen molar-refractivity contribution in [2.75, 3.05) is 11.5 Å². The van der Waals surface area contributed by atoms with Gasteiger partial charge in [0.2, 0.25) is 0 Å². The summed E-state index contributed by atoms with van der Waals surface area (Å²) in [6.45, 7) is 0. The minimum Gasteiger partial charge on any atom is -0.397 e. The van der Waals surface area contributed by atoms with Gasteiger partial charge in [-0.15, -0.1) is 6.42 Å². The van der Waals surface area contributed by atoms with E-state index in [0.717, 1.165) is 0 Å². The smallest absolute Gasteiger partial charge is 0.145 e. The molecule has 1 aromatic carbocycles. The third kappa shape index (κ3) is 4.22. The molecule has 1 rings (SSSR count). The largest absolute Gasteiger partial charge is 0.397 e. The number of anilines is 2. The number of allylic oxidation sites excluding steroid dienone is 2. The van der Waals surface area contributed by atoms with Gasteiger partial charge in [0, 0.05) is 5.56 Å². The monoisotopic (exact) mass is 265 g/mol. The molecular weight excluding hydrogens is 254 g/mol. The van der Waals surface area contributed by atoms with Crippen LogP contribution in [0.15, 0.2) is 23.5 Å². The van der Waals surface area contributed by atoms with Crippen LogP contribution in [-0.4, -0.2) is 0 Å². The van der Waals surface area contributed by atoms with Crippen molar-refractivity contribution >= 4 is 11.4 Å². The number of hydrogen-bond acceptors (Lipinski definition) is 7. The fraction of sp³-hybridized carbons (Fsp3) is 0. The number of benzene rings is 1. The Morgan fingerprint density at radius 2 is 1.30 bits per heavy atom. The molecule has 7 heteroatoms. The molecule has 0 spiro atoms. The van der Waals surface area contributed by atoms with Gasteiger partial charge in [-0.2, -0.15) is 15.8 Å². The van der Waals surface area contributed by atoms with Crippen molar-refractivity contribution in [2.45, 2.75) is 0 Å². The summed E-state index contributed by atoms with van der Waals surface area (Å²) in [5.74, 6) is 2.36. The van der Waals surface area contributed by atoms with Crippen LogP contribution in [0.5, 0.6) is 0 Å². The molecule has 0 aromatic heterocycles. The Balaban J connectivity index is 0.000000396. The molecule has 8 N–H and O–H groups in total. The quantitative estimate of drug-likeness (QED) is 0.286. The number of nitriles is 3. The molecule has 0 heterocycles. The fourth-order valence-electron chi connectivity index (χ4n) is 0.966. The van der Waals surface area contributed by atoms with E-state index < -0.39 is 0 Å². The molecule has 0 saturated heterocycles. The van der Waals surface area contributed by atoms with Gasteiger partial charge in [-0.1, -0.05) is 5.92 Å². The van der Waals surface area contributed by atoms with Crippen LogP contribution in [0.3, 0.4) is 0 Å². The Morgan fingerprint density at radius 1 is 0.900 bits per heavy atom. The molecule has 98 valence electrons. The van der Waals surface area contributed by atoms with E-state index in [0.29, 0.717) is 22.5 Å². The van der Waals surface area contributed by atoms with Crippen LogP contribution < -0.4 is 22.9 Å². The lowest BCUT2D eigenvalue weighted by molar-refractivity contribution is 1.27. The van der Waals surface area contributed by atoms with Gasteiger partial charge in [0.05, 0.1) is 16.9 Å². The van der Waals surface area contributed by atoms with Crippen molar-refractivity contribution in [1.82, 2.24) is 0 Å². The summed E-state index contributed by atoms with van der Waals surface area (Å²) in [6, 6.07) is 7.99. The topological polar surface area (TPSA) is 175 Å². The lowest BCUT2D eigenvalue weighted by Gasteiger charge is -2.01. The number of terminal acetylenes is 1. The normalized spacial score (nSPS) is 9.40. The van der Waals surface area contributed by atoms with Gasteiger partial charge in [0.1, 0.15) is 29.6 Å². The molecule has 0 amide bonds. The molecule has 0 bridgehead atoms. The predicted octanol–water partition coefficient (Wildman–Crippen LogP) is -0.133. The SMILES string of the molecule is C#Cc1cc(N)c(N)cc1C#N.N#C/C(N)=C(/N)C#N. The van der Waals surface area contributed by atoms with Crippen LogP contribution in [0, 0.1) is 46.3 Å². The summed E-state index contributed by atoms with van der Waals surface area (Å²) in [7, 11) is 0. The average Bonchev–Trinajstić information content (AvgIpc) is 2.48. The van der Waals surface area contributed by atoms with Crippen LogP contribution >= 0.6 is 0 Å². The molecular formula is C13H11N7. The van der Waals surface area contributed by atoms with E-state index in [4.69, 9.17) is 45.1 Å². The first-order chi connectivity index (χ1) is 9.40. The third-order valence-electron chi connectivity index (χ3n) is 2.03. The molecule has 7 nitrogen and oxygen atoms in total. The maximum Gasteiger partial charge on any atom is 0.145 e. The fourth-order valence-corrected chi connectivity index (χ4v) is 0.966. The minimum atomic E-state index is -0.229. The summed E-state index contributed by atoms with van der Waals surface area (Å²) in [6.07, 6.45) is 5.15. The van der Waals surface area contributed by atoms with Gasteiger partial charge >= 0.3 is 0 Å². The van der Waals surface area contributed by atoms with Gasteiger partial charge in [0.15, 0.2) is 0 Å². The highest BCUT2D eigenvalue weighted by Gasteiger charge is 2.02. The molecule has 20 heavy (non-hydrogen) atoms. The van der Waals surface area contributed by atoms with Crippen molar-refractivity contribution in [3.63, 3.8) is 0 Å². The Kier molecular flexibility index (Phi) is 6.07. The number of rotatable bonds is 0. The van der Waals surface area contributed by atoms with Crippen molar-refractivity contribution in [1.29, 1.82) is 15.8 Å². The van der Waals surface area contributed by atoms with Crippen molar-refractivity contribution in [3.8, 4) is 30.6 Å². The van der Waals surface area contributed by atoms with Crippen LogP contribution in [0.4, 0.5) is 11.4 Å². The van der Waals surface area contributed by atoms with E-state index in [1.54, 1.807) is 0 Å². The minimum absolute atomic E-state index is 0.229. The van der Waals surface area contributed by atoms with E-state index >= 15 is 0 Å². The number of hydrogen-bond donors (Lipinski definition) is 4. The first-order valence-corrected chi connectivity index (χ1v) is 5.02. The number of nitrogens with zero attached hydrogens (tertiary/aromatic N) is 3. The van der Waals surface area contributed by atoms with Crippen LogP contribution in [0.1, 0.15) is 11.1 Å². The van der Waals surface area contributed by atoms with Gasteiger partial charge in [-0.25, -0.2) is 0 Å². The average molecular weight is 265 g/mol. The van der Waals surface area contributed by atoms with E-state index in [1.165, 1.54) is 24.3 Å². The van der Waals surface area contributed by atoms with Gasteiger partial charge in [-0.05, 0) is 12.1 Å². The van der Waals surface area contributed by atoms with E-state index in [2.05, 4.69) is 5.92 Å². The van der Waals surface area contributed by atoms with E-state index in [-0.39, 0.29) is 11.4 Å². The van der Waals surface area contributed by atoms with E-state index in [1.807, 2.05) is 6.07 Å². The standard InChI is InChI=1S/C9H7N3.C4H4N4/c1-2-6-3-8(11)9(12)4-7(6)5-10;5-1-3(7)4(8)2-6/h1,3-4H,11-12H2;7-8H2/b;4-3-. The lowest BCUT2D eigenvalue weighted by Crippen LogP contribution is -2.05. The molecule has 0 unspecified atom stereocenters. The maximum absolute atomic E-state index is 8.62. The number of nitrogens with two attached hydrogens (primary N) is 4. The molecule has 0 aliphatic heterocycles. The van der Waals surface area contributed by atoms with Crippen molar-refractivity contribution in [2.24, 2.45) is 11.5 Å². The second-order valence-corrected chi connectivity index (χ2v) is 3.33. The number of nitrogen functional groups attached to an aromatic ring is 2. The second kappa shape index (κ2) is 7.50. The summed E-state index contributed by atoms with van der Waals surface area (Å²) >= 11 is 0. The third-order valence-corrected chi connectivity index (χ3v) is 2.03.